The van der Waals surface area contributed by atoms with E-state index in [-0.39, 0.29) is 22.9 Å². The predicted octanol–water partition coefficient (Wildman–Crippen LogP) is 7.21. The number of ether oxygens (including phenoxy) is 2. The van der Waals surface area contributed by atoms with E-state index in [0.29, 0.717) is 46.7 Å². The molecule has 0 radical (unpaired) electrons. The van der Waals surface area contributed by atoms with Crippen LogP contribution < -0.4 is 4.74 Å². The number of nitrogens with zero attached hydrogens (tertiary/aromatic N) is 1. The molecule has 1 N–H and O–H groups in total. The predicted molar refractivity (Wildman–Crippen MR) is 139 cm³/mol. The fourth-order valence-corrected chi connectivity index (χ4v) is 5.29. The van der Waals surface area contributed by atoms with Gasteiger partial charge < -0.3 is 19.0 Å². The minimum atomic E-state index is -1.06. The summed E-state index contributed by atoms with van der Waals surface area (Å²) in [5.74, 6) is 0.525. The zero-order valence-corrected chi connectivity index (χ0v) is 21.3. The second-order valence-corrected chi connectivity index (χ2v) is 10.5. The third-order valence-corrected chi connectivity index (χ3v) is 6.48. The Morgan fingerprint density at radius 2 is 1.80 bits per heavy atom. The molecule has 0 unspecified atom stereocenters. The third kappa shape index (κ3) is 4.63. The molecule has 0 spiro atoms. The van der Waals surface area contributed by atoms with Crippen LogP contribution in [0.25, 0.3) is 34.5 Å². The van der Waals surface area contributed by atoms with Crippen LogP contribution in [0.4, 0.5) is 0 Å². The molecule has 0 amide bonds. The summed E-state index contributed by atoms with van der Waals surface area (Å²) in [7, 11) is 0. The Morgan fingerprint density at radius 1 is 1.14 bits per heavy atom. The Balaban J connectivity index is 1.88. The fraction of sp³-hybridized carbons (Fsp3) is 0.379. The summed E-state index contributed by atoms with van der Waals surface area (Å²) in [6.45, 7) is 19.7. The van der Waals surface area contributed by atoms with Crippen LogP contribution in [-0.4, -0.2) is 33.4 Å². The first-order valence-corrected chi connectivity index (χ1v) is 11.8. The van der Waals surface area contributed by atoms with Crippen molar-refractivity contribution in [3.63, 3.8) is 0 Å². The molecule has 2 aromatic heterocycles. The van der Waals surface area contributed by atoms with Crippen LogP contribution in [0.2, 0.25) is 0 Å². The highest BCUT2D eigenvalue weighted by Crippen LogP contribution is 2.40. The van der Waals surface area contributed by atoms with Gasteiger partial charge in [0.15, 0.2) is 5.76 Å². The topological polar surface area (TPSA) is 81.8 Å². The summed E-state index contributed by atoms with van der Waals surface area (Å²) in [5, 5.41) is 10.7. The van der Waals surface area contributed by atoms with Gasteiger partial charge >= 0.3 is 5.97 Å². The maximum absolute atomic E-state index is 12.5. The van der Waals surface area contributed by atoms with E-state index in [2.05, 4.69) is 40.9 Å². The molecule has 3 heterocycles. The van der Waals surface area contributed by atoms with Gasteiger partial charge in [0.2, 0.25) is 0 Å². The number of benzene rings is 1. The second kappa shape index (κ2) is 8.68. The maximum atomic E-state index is 12.5. The van der Waals surface area contributed by atoms with E-state index in [1.54, 1.807) is 18.2 Å². The normalized spacial score (nSPS) is 17.3. The summed E-state index contributed by atoms with van der Waals surface area (Å²) >= 11 is 0. The number of fused-ring (bicyclic) bond motifs is 1. The van der Waals surface area contributed by atoms with Gasteiger partial charge in [0.1, 0.15) is 23.3 Å². The van der Waals surface area contributed by atoms with E-state index in [1.165, 1.54) is 0 Å². The lowest BCUT2D eigenvalue weighted by molar-refractivity contribution is -0.182. The highest BCUT2D eigenvalue weighted by atomic mass is 16.5. The quantitative estimate of drug-likeness (QED) is 0.406. The number of furan rings is 1. The van der Waals surface area contributed by atoms with Gasteiger partial charge in [-0.25, -0.2) is 9.78 Å². The van der Waals surface area contributed by atoms with E-state index >= 15 is 0 Å². The number of hydrogen-bond donors (Lipinski definition) is 1. The molecule has 1 aliphatic rings. The number of carboxylic acid groups (broad SMARTS) is 1. The average Bonchev–Trinajstić information content (AvgIpc) is 3.08. The summed E-state index contributed by atoms with van der Waals surface area (Å²) in [6.07, 6.45) is 4.58. The van der Waals surface area contributed by atoms with Crippen LogP contribution in [0, 0.1) is 13.8 Å². The molecule has 1 saturated heterocycles. The maximum Gasteiger partial charge on any atom is 0.336 e. The lowest BCUT2D eigenvalue weighted by Gasteiger charge is -2.45. The standard InChI is InChI=1S/C29H33NO5/c1-9-19-17(4)26(34-22(19)10-2)21-13-20(27(31)32)24-23(12-11-16(3)25(24)30-21)33-18-14-28(5,6)35-29(7,8)15-18/h9-13,18H,1-2,14-15H2,3-8H3,(H,31,32). The van der Waals surface area contributed by atoms with Gasteiger partial charge in [0, 0.05) is 24.0 Å². The van der Waals surface area contributed by atoms with E-state index in [0.717, 1.165) is 16.7 Å². The summed E-state index contributed by atoms with van der Waals surface area (Å²) in [4.78, 5) is 17.3. The van der Waals surface area contributed by atoms with Gasteiger partial charge in [0.05, 0.1) is 27.7 Å². The van der Waals surface area contributed by atoms with Crippen molar-refractivity contribution in [2.45, 2.75) is 71.7 Å². The molecule has 1 aliphatic heterocycles. The van der Waals surface area contributed by atoms with Crippen LogP contribution >= 0.6 is 0 Å². The smallest absolute Gasteiger partial charge is 0.336 e. The Bertz CT molecular complexity index is 1330. The van der Waals surface area contributed by atoms with E-state index in [4.69, 9.17) is 18.9 Å². The van der Waals surface area contributed by atoms with Crippen molar-refractivity contribution in [1.82, 2.24) is 4.98 Å². The zero-order valence-electron chi connectivity index (χ0n) is 21.3. The van der Waals surface area contributed by atoms with Gasteiger partial charge in [-0.05, 0) is 65.3 Å². The van der Waals surface area contributed by atoms with E-state index < -0.39 is 5.97 Å². The molecule has 6 nitrogen and oxygen atoms in total. The number of aromatic carboxylic acids is 1. The number of carboxylic acids is 1. The minimum Gasteiger partial charge on any atom is -0.489 e. The second-order valence-electron chi connectivity index (χ2n) is 10.5. The first kappa shape index (κ1) is 24.7. The molecule has 1 fully saturated rings. The van der Waals surface area contributed by atoms with Gasteiger partial charge in [-0.3, -0.25) is 0 Å². The Kier molecular flexibility index (Phi) is 6.14. The molecule has 184 valence electrons. The van der Waals surface area contributed by atoms with E-state index in [9.17, 15) is 9.90 Å². The molecule has 0 bridgehead atoms. The van der Waals surface area contributed by atoms with Gasteiger partial charge in [-0.1, -0.05) is 25.3 Å². The highest BCUT2D eigenvalue weighted by molar-refractivity contribution is 6.07. The van der Waals surface area contributed by atoms with E-state index in [1.807, 2.05) is 26.0 Å². The largest absolute Gasteiger partial charge is 0.489 e. The molecule has 6 heteroatoms. The van der Waals surface area contributed by atoms with Gasteiger partial charge in [0.25, 0.3) is 0 Å². The first-order chi connectivity index (χ1) is 16.4. The molecule has 35 heavy (non-hydrogen) atoms. The highest BCUT2D eigenvalue weighted by Gasteiger charge is 2.40. The number of pyridine rings is 1. The van der Waals surface area contributed by atoms with Crippen molar-refractivity contribution in [3.05, 3.63) is 59.4 Å². The van der Waals surface area contributed by atoms with Crippen molar-refractivity contribution in [3.8, 4) is 17.2 Å². The van der Waals surface area contributed by atoms with Crippen molar-refractivity contribution >= 4 is 29.0 Å². The number of hydrogen-bond acceptors (Lipinski definition) is 5. The summed E-state index contributed by atoms with van der Waals surface area (Å²) in [5.41, 5.74) is 2.91. The molecule has 3 aromatic rings. The molecular formula is C29H33NO5. The summed E-state index contributed by atoms with van der Waals surface area (Å²) < 4.78 is 18.7. The van der Waals surface area contributed by atoms with Crippen molar-refractivity contribution in [2.24, 2.45) is 0 Å². The molecular weight excluding hydrogens is 442 g/mol. The van der Waals surface area contributed by atoms with Crippen molar-refractivity contribution in [1.29, 1.82) is 0 Å². The van der Waals surface area contributed by atoms with Crippen molar-refractivity contribution < 1.29 is 23.8 Å². The zero-order chi connectivity index (χ0) is 25.7. The Labute approximate surface area is 206 Å². The third-order valence-electron chi connectivity index (χ3n) is 6.48. The van der Waals surface area contributed by atoms with Crippen molar-refractivity contribution in [2.75, 3.05) is 0 Å². The van der Waals surface area contributed by atoms with Crippen LogP contribution in [0.5, 0.6) is 5.75 Å². The SMILES string of the molecule is C=Cc1oc(-c2cc(C(=O)O)c3c(OC4CC(C)(C)OC(C)(C)C4)ccc(C)c3n2)c(C)c1C=C. The monoisotopic (exact) mass is 475 g/mol. The molecule has 4 rings (SSSR count). The molecule has 0 aliphatic carbocycles. The van der Waals surface area contributed by atoms with Crippen LogP contribution in [0.15, 0.2) is 35.8 Å². The van der Waals surface area contributed by atoms with Gasteiger partial charge in [-0.2, -0.15) is 0 Å². The average molecular weight is 476 g/mol. The molecule has 0 atom stereocenters. The number of aromatic nitrogens is 1. The van der Waals surface area contributed by atoms with Crippen LogP contribution in [0.3, 0.4) is 0 Å². The minimum absolute atomic E-state index is 0.116. The molecule has 1 aromatic carbocycles. The number of aryl methyl sites for hydroxylation is 1. The Hall–Kier alpha value is -3.38. The number of rotatable bonds is 6. The fourth-order valence-electron chi connectivity index (χ4n) is 5.29. The summed E-state index contributed by atoms with van der Waals surface area (Å²) in [6, 6.07) is 5.31. The lowest BCUT2D eigenvalue weighted by atomic mass is 9.87. The lowest BCUT2D eigenvalue weighted by Crippen LogP contribution is -2.49. The molecule has 0 saturated carbocycles. The Morgan fingerprint density at radius 3 is 2.34 bits per heavy atom. The van der Waals surface area contributed by atoms with Crippen LogP contribution in [0.1, 0.15) is 73.3 Å². The van der Waals surface area contributed by atoms with Crippen LogP contribution in [-0.2, 0) is 4.74 Å². The first-order valence-electron chi connectivity index (χ1n) is 11.8. The number of carbonyl (C=O) groups is 1. The van der Waals surface area contributed by atoms with Gasteiger partial charge in [-0.15, -0.1) is 0 Å².